The number of anilines is 1. The van der Waals surface area contributed by atoms with Gasteiger partial charge in [-0.1, -0.05) is 11.6 Å². The molecule has 15 heavy (non-hydrogen) atoms. The Kier molecular flexibility index (Phi) is 5.04. The minimum Gasteiger partial charge on any atom is -0.394 e. The van der Waals surface area contributed by atoms with Crippen LogP contribution in [0.15, 0.2) is 6.07 Å². The summed E-state index contributed by atoms with van der Waals surface area (Å²) in [4.78, 5) is 7.60. The zero-order chi connectivity index (χ0) is 11.3. The number of aliphatic hydroxyl groups is 1. The van der Waals surface area contributed by atoms with Crippen LogP contribution in [0, 0.1) is 0 Å². The molecule has 0 spiro atoms. The zero-order valence-corrected chi connectivity index (χ0v) is 9.59. The van der Waals surface area contributed by atoms with Crippen LogP contribution in [0.1, 0.15) is 0 Å². The van der Waals surface area contributed by atoms with Gasteiger partial charge in [0.1, 0.15) is 11.0 Å². The number of methoxy groups -OCH3 is 1. The van der Waals surface area contributed by atoms with Crippen LogP contribution in [-0.2, 0) is 4.74 Å². The molecule has 0 aliphatic carbocycles. The lowest BCUT2D eigenvalue weighted by atomic mass is 10.3. The van der Waals surface area contributed by atoms with E-state index in [0.717, 1.165) is 0 Å². The average molecular weight is 252 g/mol. The van der Waals surface area contributed by atoms with Crippen molar-refractivity contribution in [3.63, 3.8) is 0 Å². The monoisotopic (exact) mass is 251 g/mol. The van der Waals surface area contributed by atoms with Crippen LogP contribution in [0.2, 0.25) is 10.4 Å². The third-order valence-electron chi connectivity index (χ3n) is 1.61. The number of hydrogen-bond acceptors (Lipinski definition) is 5. The first-order valence-electron chi connectivity index (χ1n) is 4.22. The molecular weight excluding hydrogens is 241 g/mol. The summed E-state index contributed by atoms with van der Waals surface area (Å²) in [5, 5.41) is 12.2. The zero-order valence-electron chi connectivity index (χ0n) is 8.07. The lowest BCUT2D eigenvalue weighted by Crippen LogP contribution is -2.29. The van der Waals surface area contributed by atoms with Crippen LogP contribution in [0.5, 0.6) is 0 Å². The van der Waals surface area contributed by atoms with Crippen LogP contribution in [-0.4, -0.2) is 41.4 Å². The number of aliphatic hydroxyl groups excluding tert-OH is 1. The number of aromatic nitrogens is 2. The molecule has 1 aromatic heterocycles. The topological polar surface area (TPSA) is 67.3 Å². The summed E-state index contributed by atoms with van der Waals surface area (Å²) in [5.41, 5.74) is 0. The third kappa shape index (κ3) is 4.17. The van der Waals surface area contributed by atoms with Gasteiger partial charge in [0.05, 0.1) is 19.3 Å². The second kappa shape index (κ2) is 6.07. The van der Waals surface area contributed by atoms with Gasteiger partial charge in [-0.3, -0.25) is 0 Å². The average Bonchev–Trinajstić information content (AvgIpc) is 2.15. The summed E-state index contributed by atoms with van der Waals surface area (Å²) in [5.74, 6) is 0.455. The smallest absolute Gasteiger partial charge is 0.225 e. The number of nitrogens with one attached hydrogen (secondary N) is 1. The fraction of sp³-hybridized carbons (Fsp3) is 0.500. The minimum absolute atomic E-state index is 0.0547. The van der Waals surface area contributed by atoms with Gasteiger partial charge in [-0.2, -0.15) is 0 Å². The lowest BCUT2D eigenvalue weighted by molar-refractivity contribution is 0.153. The van der Waals surface area contributed by atoms with E-state index in [0.29, 0.717) is 12.4 Å². The Morgan fingerprint density at radius 3 is 2.80 bits per heavy atom. The first-order chi connectivity index (χ1) is 7.15. The van der Waals surface area contributed by atoms with Gasteiger partial charge in [-0.25, -0.2) is 9.97 Å². The van der Waals surface area contributed by atoms with Gasteiger partial charge in [0.25, 0.3) is 0 Å². The Bertz CT molecular complexity index is 305. The normalized spacial score (nSPS) is 12.5. The molecule has 7 heteroatoms. The summed E-state index contributed by atoms with van der Waals surface area (Å²) in [6, 6.07) is 1.27. The second-order valence-corrected chi connectivity index (χ2v) is 3.55. The molecule has 0 aromatic carbocycles. The minimum atomic E-state index is -0.253. The van der Waals surface area contributed by atoms with Crippen molar-refractivity contribution in [1.29, 1.82) is 0 Å². The van der Waals surface area contributed by atoms with E-state index >= 15 is 0 Å². The van der Waals surface area contributed by atoms with E-state index in [2.05, 4.69) is 15.3 Å². The second-order valence-electron chi connectivity index (χ2n) is 2.82. The van der Waals surface area contributed by atoms with Gasteiger partial charge in [-0.15, -0.1) is 0 Å². The predicted octanol–water partition coefficient (Wildman–Crippen LogP) is 1.20. The van der Waals surface area contributed by atoms with Crippen molar-refractivity contribution in [3.05, 3.63) is 16.5 Å². The molecule has 5 nitrogen and oxygen atoms in total. The highest BCUT2D eigenvalue weighted by Gasteiger charge is 2.08. The molecule has 1 unspecified atom stereocenters. The van der Waals surface area contributed by atoms with Gasteiger partial charge in [-0.05, 0) is 11.6 Å². The van der Waals surface area contributed by atoms with E-state index in [1.54, 1.807) is 7.11 Å². The molecule has 0 aliphatic heterocycles. The Labute approximate surface area is 97.4 Å². The maximum atomic E-state index is 9.01. The van der Waals surface area contributed by atoms with Crippen LogP contribution >= 0.6 is 23.2 Å². The van der Waals surface area contributed by atoms with E-state index in [4.69, 9.17) is 33.0 Å². The van der Waals surface area contributed by atoms with Crippen molar-refractivity contribution in [1.82, 2.24) is 9.97 Å². The van der Waals surface area contributed by atoms with Gasteiger partial charge in [0.15, 0.2) is 0 Å². The number of ether oxygens (including phenoxy) is 1. The third-order valence-corrected chi connectivity index (χ3v) is 1.97. The Morgan fingerprint density at radius 2 is 2.27 bits per heavy atom. The van der Waals surface area contributed by atoms with Crippen LogP contribution in [0.4, 0.5) is 5.82 Å². The lowest BCUT2D eigenvalue weighted by Gasteiger charge is -2.15. The Balaban J connectivity index is 2.69. The summed E-state index contributed by atoms with van der Waals surface area (Å²) in [6.07, 6.45) is 0. The summed E-state index contributed by atoms with van der Waals surface area (Å²) >= 11 is 11.3. The highest BCUT2D eigenvalue weighted by molar-refractivity contribution is 6.32. The standard InChI is InChI=1S/C8H11Cl2N3O2/c1-15-4-5(3-14)11-7-2-6(9)12-8(10)13-7/h2,5,14H,3-4H2,1H3,(H,11,12,13). The predicted molar refractivity (Wildman–Crippen MR) is 58.4 cm³/mol. The number of halogens is 2. The Morgan fingerprint density at radius 1 is 1.53 bits per heavy atom. The van der Waals surface area contributed by atoms with Crippen molar-refractivity contribution >= 4 is 29.0 Å². The van der Waals surface area contributed by atoms with Gasteiger partial charge in [0.2, 0.25) is 5.28 Å². The van der Waals surface area contributed by atoms with Crippen molar-refractivity contribution in [2.45, 2.75) is 6.04 Å². The molecule has 1 atom stereocenters. The fourth-order valence-electron chi connectivity index (χ4n) is 1.01. The maximum Gasteiger partial charge on any atom is 0.225 e. The number of hydrogen-bond donors (Lipinski definition) is 2. The molecule has 1 heterocycles. The molecule has 0 amide bonds. The van der Waals surface area contributed by atoms with E-state index in [-0.39, 0.29) is 23.1 Å². The van der Waals surface area contributed by atoms with E-state index < -0.39 is 0 Å². The van der Waals surface area contributed by atoms with Gasteiger partial charge < -0.3 is 15.2 Å². The SMILES string of the molecule is COCC(CO)Nc1cc(Cl)nc(Cl)n1. The number of rotatable bonds is 5. The maximum absolute atomic E-state index is 9.01. The fourth-order valence-corrected chi connectivity index (χ4v) is 1.42. The van der Waals surface area contributed by atoms with Gasteiger partial charge >= 0.3 is 0 Å². The van der Waals surface area contributed by atoms with Crippen molar-refractivity contribution in [2.75, 3.05) is 25.6 Å². The molecule has 2 N–H and O–H groups in total. The summed E-state index contributed by atoms with van der Waals surface area (Å²) in [6.45, 7) is 0.281. The van der Waals surface area contributed by atoms with Crippen molar-refractivity contribution in [3.8, 4) is 0 Å². The first-order valence-corrected chi connectivity index (χ1v) is 4.97. The van der Waals surface area contributed by atoms with Crippen LogP contribution in [0.3, 0.4) is 0 Å². The first kappa shape index (κ1) is 12.4. The molecule has 0 saturated carbocycles. The van der Waals surface area contributed by atoms with Crippen molar-refractivity contribution < 1.29 is 9.84 Å². The number of nitrogens with zero attached hydrogens (tertiary/aromatic N) is 2. The molecule has 0 bridgehead atoms. The van der Waals surface area contributed by atoms with Crippen LogP contribution < -0.4 is 5.32 Å². The van der Waals surface area contributed by atoms with E-state index in [1.165, 1.54) is 6.07 Å². The molecule has 0 fully saturated rings. The summed E-state index contributed by atoms with van der Waals surface area (Å²) in [7, 11) is 1.55. The molecule has 0 saturated heterocycles. The highest BCUT2D eigenvalue weighted by atomic mass is 35.5. The molecule has 0 radical (unpaired) electrons. The van der Waals surface area contributed by atoms with Crippen LogP contribution in [0.25, 0.3) is 0 Å². The van der Waals surface area contributed by atoms with E-state index in [9.17, 15) is 0 Å². The molecule has 84 valence electrons. The molecule has 0 aliphatic rings. The summed E-state index contributed by atoms with van der Waals surface area (Å²) < 4.78 is 4.90. The molecule has 1 aromatic rings. The van der Waals surface area contributed by atoms with Crippen molar-refractivity contribution in [2.24, 2.45) is 0 Å². The van der Waals surface area contributed by atoms with E-state index in [1.807, 2.05) is 0 Å². The molecule has 1 rings (SSSR count). The van der Waals surface area contributed by atoms with Gasteiger partial charge in [0, 0.05) is 13.2 Å². The Hall–Kier alpha value is -0.620. The quantitative estimate of drug-likeness (QED) is 0.608. The largest absolute Gasteiger partial charge is 0.394 e. The highest BCUT2D eigenvalue weighted by Crippen LogP contribution is 2.14. The molecular formula is C8H11Cl2N3O2.